The molecule has 0 aliphatic heterocycles. The van der Waals surface area contributed by atoms with E-state index in [4.69, 9.17) is 9.47 Å². The molecule has 1 saturated carbocycles. The van der Waals surface area contributed by atoms with Crippen LogP contribution in [0.1, 0.15) is 75.5 Å². The van der Waals surface area contributed by atoms with Crippen molar-refractivity contribution in [3.8, 4) is 17.0 Å². The van der Waals surface area contributed by atoms with E-state index in [1.165, 1.54) is 29.4 Å². The van der Waals surface area contributed by atoms with Gasteiger partial charge in [-0.25, -0.2) is 0 Å². The van der Waals surface area contributed by atoms with Gasteiger partial charge in [0.05, 0.1) is 30.8 Å². The van der Waals surface area contributed by atoms with E-state index >= 15 is 0 Å². The number of H-pyrrole nitrogens is 1. The van der Waals surface area contributed by atoms with Gasteiger partial charge in [0.1, 0.15) is 5.75 Å². The zero-order valence-electron chi connectivity index (χ0n) is 20.0. The van der Waals surface area contributed by atoms with E-state index in [1.54, 1.807) is 7.11 Å². The minimum absolute atomic E-state index is 0.0180. The lowest BCUT2D eigenvalue weighted by Crippen LogP contribution is -2.50. The van der Waals surface area contributed by atoms with Crippen LogP contribution in [0.4, 0.5) is 0 Å². The Morgan fingerprint density at radius 2 is 1.91 bits per heavy atom. The number of aromatic amines is 1. The zero-order chi connectivity index (χ0) is 22.8. The average molecular weight is 432 g/mol. The highest BCUT2D eigenvalue weighted by molar-refractivity contribution is 5.98. The number of rotatable bonds is 3. The predicted molar refractivity (Wildman–Crippen MR) is 128 cm³/mol. The first-order chi connectivity index (χ1) is 15.3. The van der Waals surface area contributed by atoms with Crippen molar-refractivity contribution in [3.63, 3.8) is 0 Å². The first-order valence-corrected chi connectivity index (χ1v) is 11.7. The highest BCUT2D eigenvalue weighted by Gasteiger charge is 2.58. The highest BCUT2D eigenvalue weighted by atomic mass is 16.5. The van der Waals surface area contributed by atoms with E-state index in [0.717, 1.165) is 41.6 Å². The molecular weight excluding hydrogens is 398 g/mol. The van der Waals surface area contributed by atoms with E-state index in [1.807, 2.05) is 12.1 Å². The third kappa shape index (κ3) is 2.65. The maximum absolute atomic E-state index is 13.3. The fourth-order valence-corrected chi connectivity index (χ4v) is 6.71. The maximum Gasteiger partial charge on any atom is 0.312 e. The summed E-state index contributed by atoms with van der Waals surface area (Å²) in [6, 6.07) is 13.1. The van der Waals surface area contributed by atoms with Gasteiger partial charge in [-0.1, -0.05) is 51.5 Å². The van der Waals surface area contributed by atoms with Crippen LogP contribution in [0.2, 0.25) is 0 Å². The molecule has 4 nitrogen and oxygen atoms in total. The number of hydrogen-bond donors (Lipinski definition) is 1. The van der Waals surface area contributed by atoms with Crippen LogP contribution >= 0.6 is 0 Å². The molecule has 0 amide bonds. The van der Waals surface area contributed by atoms with Gasteiger partial charge in [0.15, 0.2) is 0 Å². The van der Waals surface area contributed by atoms with Gasteiger partial charge >= 0.3 is 5.97 Å². The van der Waals surface area contributed by atoms with E-state index in [-0.39, 0.29) is 17.3 Å². The van der Waals surface area contributed by atoms with Crippen LogP contribution in [0, 0.1) is 5.41 Å². The van der Waals surface area contributed by atoms with E-state index in [0.29, 0.717) is 5.92 Å². The Morgan fingerprint density at radius 1 is 1.12 bits per heavy atom. The number of aromatic nitrogens is 1. The number of fused-ring (bicyclic) bond motifs is 8. The van der Waals surface area contributed by atoms with Gasteiger partial charge < -0.3 is 14.5 Å². The van der Waals surface area contributed by atoms with Crippen LogP contribution < -0.4 is 4.74 Å². The maximum atomic E-state index is 13.3. The standard InChI is InChI=1S/C28H33NO3/c1-16(2)17-11-12-20-19(15-17)24-22(18-9-7-10-21(31-5)23(18)29-24)25-27(20,3)13-8-14-28(25,4)26(30)32-6/h7,9-12,15-16,25,29H,8,13-14H2,1-6H3/t25?,27-,28-/m1/s1. The Hall–Kier alpha value is -2.75. The number of nitrogens with one attached hydrogen (secondary N) is 1. The molecule has 0 spiro atoms. The van der Waals surface area contributed by atoms with Gasteiger partial charge in [-0.05, 0) is 54.5 Å². The second-order valence-corrected chi connectivity index (χ2v) is 10.4. The third-order valence-corrected chi connectivity index (χ3v) is 8.26. The van der Waals surface area contributed by atoms with Gasteiger partial charge in [0.25, 0.3) is 0 Å². The second-order valence-electron chi connectivity index (χ2n) is 10.4. The van der Waals surface area contributed by atoms with Crippen LogP contribution in [0.3, 0.4) is 0 Å². The molecule has 0 radical (unpaired) electrons. The van der Waals surface area contributed by atoms with Crippen LogP contribution in [-0.4, -0.2) is 25.2 Å². The van der Waals surface area contributed by atoms with Crippen molar-refractivity contribution in [1.29, 1.82) is 0 Å². The number of hydrogen-bond acceptors (Lipinski definition) is 3. The molecule has 1 unspecified atom stereocenters. The fourth-order valence-electron chi connectivity index (χ4n) is 6.71. The van der Waals surface area contributed by atoms with Crippen LogP contribution in [0.25, 0.3) is 22.2 Å². The zero-order valence-corrected chi connectivity index (χ0v) is 20.0. The van der Waals surface area contributed by atoms with E-state index in [9.17, 15) is 4.79 Å². The van der Waals surface area contributed by atoms with Crippen LogP contribution in [0.15, 0.2) is 36.4 Å². The number of benzene rings is 2. The summed E-state index contributed by atoms with van der Waals surface area (Å²) >= 11 is 0. The molecular formula is C28H33NO3. The SMILES string of the molecule is COC(=O)[C@]1(C)CCC[C@]2(C)c3ccc(C(C)C)cc3-c3[nH]c4c(OC)cccc4c3C12. The monoisotopic (exact) mass is 431 g/mol. The van der Waals surface area contributed by atoms with Crippen molar-refractivity contribution in [1.82, 2.24) is 4.98 Å². The number of methoxy groups -OCH3 is 2. The van der Waals surface area contributed by atoms with Crippen LogP contribution in [-0.2, 0) is 14.9 Å². The molecule has 5 rings (SSSR count). The molecule has 3 atom stereocenters. The molecule has 2 aliphatic carbocycles. The summed E-state index contributed by atoms with van der Waals surface area (Å²) in [5.41, 5.74) is 6.54. The molecule has 1 N–H and O–H groups in total. The molecule has 0 bridgehead atoms. The van der Waals surface area contributed by atoms with Crippen LogP contribution in [0.5, 0.6) is 5.75 Å². The Balaban J connectivity index is 1.91. The molecule has 0 saturated heterocycles. The van der Waals surface area contributed by atoms with Gasteiger partial charge in [0.2, 0.25) is 0 Å². The highest BCUT2D eigenvalue weighted by Crippen LogP contribution is 2.64. The van der Waals surface area contributed by atoms with Gasteiger partial charge in [-0.3, -0.25) is 4.79 Å². The fraction of sp³-hybridized carbons (Fsp3) is 0.464. The number of ether oxygens (including phenoxy) is 2. The molecule has 4 heteroatoms. The summed E-state index contributed by atoms with van der Waals surface area (Å²) in [5, 5.41) is 1.15. The van der Waals surface area contributed by atoms with E-state index in [2.05, 4.69) is 56.9 Å². The quantitative estimate of drug-likeness (QED) is 0.470. The van der Waals surface area contributed by atoms with Crippen molar-refractivity contribution in [2.24, 2.45) is 5.41 Å². The summed E-state index contributed by atoms with van der Waals surface area (Å²) in [6.45, 7) is 8.93. The van der Waals surface area contributed by atoms with Gasteiger partial charge in [-0.15, -0.1) is 0 Å². The van der Waals surface area contributed by atoms with Crippen molar-refractivity contribution in [3.05, 3.63) is 53.1 Å². The molecule has 3 aromatic rings. The molecule has 32 heavy (non-hydrogen) atoms. The minimum atomic E-state index is -0.594. The predicted octanol–water partition coefficient (Wildman–Crippen LogP) is 6.69. The lowest BCUT2D eigenvalue weighted by Gasteiger charge is -2.54. The molecule has 2 aliphatic rings. The molecule has 1 aromatic heterocycles. The van der Waals surface area contributed by atoms with Gasteiger partial charge in [-0.2, -0.15) is 0 Å². The molecule has 1 heterocycles. The second kappa shape index (κ2) is 7.13. The number of para-hydroxylation sites is 1. The first kappa shape index (κ1) is 21.1. The summed E-state index contributed by atoms with van der Waals surface area (Å²) in [7, 11) is 3.23. The van der Waals surface area contributed by atoms with Crippen molar-refractivity contribution >= 4 is 16.9 Å². The Morgan fingerprint density at radius 3 is 2.59 bits per heavy atom. The largest absolute Gasteiger partial charge is 0.495 e. The summed E-state index contributed by atoms with van der Waals surface area (Å²) in [6.07, 6.45) is 2.88. The van der Waals surface area contributed by atoms with E-state index < -0.39 is 5.41 Å². The van der Waals surface area contributed by atoms with Crippen molar-refractivity contribution in [2.75, 3.05) is 14.2 Å². The lowest BCUT2D eigenvalue weighted by atomic mass is 9.49. The molecule has 1 fully saturated rings. The number of carbonyl (C=O) groups is 1. The molecule has 2 aromatic carbocycles. The first-order valence-electron chi connectivity index (χ1n) is 11.7. The van der Waals surface area contributed by atoms with Crippen molar-refractivity contribution in [2.45, 2.75) is 64.2 Å². The van der Waals surface area contributed by atoms with Gasteiger partial charge in [0, 0.05) is 22.3 Å². The third-order valence-electron chi connectivity index (χ3n) is 8.26. The minimum Gasteiger partial charge on any atom is -0.495 e. The lowest BCUT2D eigenvalue weighted by molar-refractivity contribution is -0.157. The average Bonchev–Trinajstić information content (AvgIpc) is 3.17. The molecule has 168 valence electrons. The summed E-state index contributed by atoms with van der Waals surface area (Å²) in [5.74, 6) is 1.18. The van der Waals surface area contributed by atoms with Crippen molar-refractivity contribution < 1.29 is 14.3 Å². The normalized spacial score (nSPS) is 26.4. The number of esters is 1. The summed E-state index contributed by atoms with van der Waals surface area (Å²) < 4.78 is 11.1. The smallest absolute Gasteiger partial charge is 0.312 e. The summed E-state index contributed by atoms with van der Waals surface area (Å²) in [4.78, 5) is 17.0. The Kier molecular flexibility index (Phi) is 4.70. The Bertz CT molecular complexity index is 1220. The Labute approximate surface area is 190 Å². The number of carbonyl (C=O) groups excluding carboxylic acids is 1. The topological polar surface area (TPSA) is 51.3 Å².